The van der Waals surface area contributed by atoms with Crippen molar-refractivity contribution in [1.82, 2.24) is 4.98 Å². The number of hydrogen-bond donors (Lipinski definition) is 0. The van der Waals surface area contributed by atoms with Crippen molar-refractivity contribution in [3.8, 4) is 0 Å². The van der Waals surface area contributed by atoms with E-state index in [0.29, 0.717) is 16.1 Å². The summed E-state index contributed by atoms with van der Waals surface area (Å²) < 4.78 is 0. The van der Waals surface area contributed by atoms with Gasteiger partial charge in [-0.1, -0.05) is 35.8 Å². The van der Waals surface area contributed by atoms with Crippen molar-refractivity contribution in [2.75, 3.05) is 11.4 Å². The van der Waals surface area contributed by atoms with Gasteiger partial charge in [0.05, 0.1) is 0 Å². The van der Waals surface area contributed by atoms with E-state index in [1.807, 2.05) is 0 Å². The molecule has 1 aromatic heterocycles. The van der Waals surface area contributed by atoms with E-state index >= 15 is 0 Å². The number of fused-ring (bicyclic) bond motifs is 1. The van der Waals surface area contributed by atoms with Gasteiger partial charge in [0.15, 0.2) is 16.6 Å². The molecule has 3 nitrogen and oxygen atoms in total. The van der Waals surface area contributed by atoms with Crippen LogP contribution in [0.1, 0.15) is 48.2 Å². The zero-order chi connectivity index (χ0) is 12.5. The first-order valence-electron chi connectivity index (χ1n) is 6.67. The van der Waals surface area contributed by atoms with E-state index in [1.54, 1.807) is 0 Å². The molecule has 2 heterocycles. The quantitative estimate of drug-likeness (QED) is 0.775. The third-order valence-corrected chi connectivity index (χ3v) is 5.61. The smallest absolute Gasteiger partial charge is 0.187 e. The van der Waals surface area contributed by atoms with Crippen molar-refractivity contribution < 1.29 is 4.79 Å². The van der Waals surface area contributed by atoms with Gasteiger partial charge in [-0.3, -0.25) is 4.79 Å². The third-order valence-electron chi connectivity index (χ3n) is 4.19. The summed E-state index contributed by atoms with van der Waals surface area (Å²) in [7, 11) is 0. The Morgan fingerprint density at radius 3 is 2.83 bits per heavy atom. The van der Waals surface area contributed by atoms with E-state index in [2.05, 4.69) is 9.88 Å². The highest BCUT2D eigenvalue weighted by molar-refractivity contribution is 7.17. The zero-order valence-electron chi connectivity index (χ0n) is 10.3. The lowest BCUT2D eigenvalue weighted by molar-refractivity contribution is 0.112. The maximum Gasteiger partial charge on any atom is 0.187 e. The molecule has 1 aliphatic heterocycles. The predicted octanol–water partition coefficient (Wildman–Crippen LogP) is 3.77. The minimum absolute atomic E-state index is 0.364. The molecule has 1 aromatic rings. The number of aldehydes is 1. The molecule has 0 amide bonds. The van der Waals surface area contributed by atoms with Crippen LogP contribution < -0.4 is 4.90 Å². The molecule has 1 saturated carbocycles. The van der Waals surface area contributed by atoms with Gasteiger partial charge in [-0.15, -0.1) is 0 Å². The summed E-state index contributed by atoms with van der Waals surface area (Å²) in [6, 6.07) is 0.620. The van der Waals surface area contributed by atoms with Crippen LogP contribution in [0.4, 0.5) is 5.13 Å². The second-order valence-electron chi connectivity index (χ2n) is 5.22. The lowest BCUT2D eigenvalue weighted by Crippen LogP contribution is -2.46. The first kappa shape index (κ1) is 12.4. The predicted molar refractivity (Wildman–Crippen MR) is 74.8 cm³/mol. The summed E-state index contributed by atoms with van der Waals surface area (Å²) >= 11 is 7.42. The van der Waals surface area contributed by atoms with Gasteiger partial charge >= 0.3 is 0 Å². The van der Waals surface area contributed by atoms with Crippen molar-refractivity contribution in [3.05, 3.63) is 10.0 Å². The van der Waals surface area contributed by atoms with Gasteiger partial charge in [0.2, 0.25) is 0 Å². The molecule has 0 radical (unpaired) electrons. The van der Waals surface area contributed by atoms with Crippen LogP contribution in [0.2, 0.25) is 5.15 Å². The van der Waals surface area contributed by atoms with Gasteiger partial charge in [-0.05, 0) is 31.6 Å². The molecule has 0 spiro atoms. The first-order chi connectivity index (χ1) is 8.79. The van der Waals surface area contributed by atoms with E-state index in [-0.39, 0.29) is 0 Å². The van der Waals surface area contributed by atoms with Gasteiger partial charge in [-0.25, -0.2) is 4.98 Å². The Hall–Kier alpha value is -0.610. The molecule has 98 valence electrons. The molecule has 2 unspecified atom stereocenters. The number of aromatic nitrogens is 1. The second kappa shape index (κ2) is 5.17. The highest BCUT2D eigenvalue weighted by atomic mass is 35.5. The highest BCUT2D eigenvalue weighted by Crippen LogP contribution is 2.39. The largest absolute Gasteiger partial charge is 0.345 e. The van der Waals surface area contributed by atoms with Gasteiger partial charge in [0.1, 0.15) is 4.88 Å². The molecule has 1 saturated heterocycles. The van der Waals surface area contributed by atoms with Gasteiger partial charge in [0, 0.05) is 12.6 Å². The molecular formula is C13H17ClN2OS. The molecule has 1 aliphatic carbocycles. The van der Waals surface area contributed by atoms with Crippen LogP contribution in [0, 0.1) is 5.92 Å². The summed E-state index contributed by atoms with van der Waals surface area (Å²) in [6.07, 6.45) is 8.69. The van der Waals surface area contributed by atoms with Crippen LogP contribution in [-0.2, 0) is 0 Å². The number of thiazole rings is 1. The van der Waals surface area contributed by atoms with Crippen molar-refractivity contribution in [1.29, 1.82) is 0 Å². The number of carbonyl (C=O) groups is 1. The van der Waals surface area contributed by atoms with Crippen LogP contribution in [0.15, 0.2) is 0 Å². The summed E-state index contributed by atoms with van der Waals surface area (Å²) in [5, 5.41) is 1.31. The van der Waals surface area contributed by atoms with Gasteiger partial charge in [0.25, 0.3) is 0 Å². The number of hydrogen-bond acceptors (Lipinski definition) is 4. The average Bonchev–Trinajstić information content (AvgIpc) is 2.79. The minimum Gasteiger partial charge on any atom is -0.345 e. The fraction of sp³-hybridized carbons (Fsp3) is 0.692. The summed E-state index contributed by atoms with van der Waals surface area (Å²) in [5.41, 5.74) is 0. The fourth-order valence-electron chi connectivity index (χ4n) is 3.36. The molecule has 0 N–H and O–H groups in total. The number of nitrogens with zero attached hydrogens (tertiary/aromatic N) is 2. The van der Waals surface area contributed by atoms with E-state index in [9.17, 15) is 4.79 Å². The van der Waals surface area contributed by atoms with E-state index < -0.39 is 0 Å². The number of rotatable bonds is 2. The summed E-state index contributed by atoms with van der Waals surface area (Å²) in [4.78, 5) is 18.2. The van der Waals surface area contributed by atoms with Crippen molar-refractivity contribution in [2.45, 2.75) is 44.6 Å². The molecule has 2 aliphatic rings. The number of halogens is 1. The topological polar surface area (TPSA) is 33.2 Å². The van der Waals surface area contributed by atoms with Gasteiger partial charge < -0.3 is 4.90 Å². The molecule has 0 aromatic carbocycles. The van der Waals surface area contributed by atoms with Crippen LogP contribution in [0.5, 0.6) is 0 Å². The standard InChI is InChI=1S/C13H17ClN2OS/c14-12-11(8-17)18-13(15-12)16-7-3-5-9-4-1-2-6-10(9)16/h8-10H,1-7H2. The summed E-state index contributed by atoms with van der Waals surface area (Å²) in [6.45, 7) is 1.06. The monoisotopic (exact) mass is 284 g/mol. The maximum absolute atomic E-state index is 10.9. The van der Waals surface area contributed by atoms with Crippen LogP contribution in [-0.4, -0.2) is 23.9 Å². The number of carbonyl (C=O) groups excluding carboxylic acids is 1. The van der Waals surface area contributed by atoms with Crippen molar-refractivity contribution in [2.24, 2.45) is 5.92 Å². The fourth-order valence-corrected chi connectivity index (χ4v) is 4.51. The Morgan fingerprint density at radius 1 is 1.28 bits per heavy atom. The maximum atomic E-state index is 10.9. The molecule has 2 fully saturated rings. The minimum atomic E-state index is 0.364. The Labute approximate surface area is 116 Å². The average molecular weight is 285 g/mol. The Kier molecular flexibility index (Phi) is 3.57. The van der Waals surface area contributed by atoms with Crippen LogP contribution in [0.25, 0.3) is 0 Å². The molecule has 18 heavy (non-hydrogen) atoms. The Morgan fingerprint density at radius 2 is 2.06 bits per heavy atom. The molecule has 3 rings (SSSR count). The van der Waals surface area contributed by atoms with E-state index in [4.69, 9.17) is 11.6 Å². The zero-order valence-corrected chi connectivity index (χ0v) is 11.8. The molecule has 0 bridgehead atoms. The highest BCUT2D eigenvalue weighted by Gasteiger charge is 2.34. The van der Waals surface area contributed by atoms with E-state index in [0.717, 1.165) is 23.9 Å². The normalized spacial score (nSPS) is 27.9. The van der Waals surface area contributed by atoms with Crippen LogP contribution in [0.3, 0.4) is 0 Å². The molecule has 5 heteroatoms. The molecule has 2 atom stereocenters. The van der Waals surface area contributed by atoms with Crippen LogP contribution >= 0.6 is 22.9 Å². The summed E-state index contributed by atoms with van der Waals surface area (Å²) in [5.74, 6) is 0.815. The lowest BCUT2D eigenvalue weighted by atomic mass is 9.78. The van der Waals surface area contributed by atoms with Crippen molar-refractivity contribution in [3.63, 3.8) is 0 Å². The third kappa shape index (κ3) is 2.16. The first-order valence-corrected chi connectivity index (χ1v) is 7.87. The molecular weight excluding hydrogens is 268 g/mol. The van der Waals surface area contributed by atoms with E-state index in [1.165, 1.54) is 49.9 Å². The number of piperidine rings is 1. The Balaban J connectivity index is 1.86. The van der Waals surface area contributed by atoms with Gasteiger partial charge in [-0.2, -0.15) is 0 Å². The lowest BCUT2D eigenvalue weighted by Gasteiger charge is -2.44. The second-order valence-corrected chi connectivity index (χ2v) is 6.58. The number of anilines is 1. The Bertz CT molecular complexity index is 446. The SMILES string of the molecule is O=Cc1sc(N2CCCC3CCCCC32)nc1Cl. The van der Waals surface area contributed by atoms with Crippen molar-refractivity contribution >= 4 is 34.4 Å².